The Morgan fingerprint density at radius 3 is 2.08 bits per heavy atom. The molecule has 0 atom stereocenters. The smallest absolute Gasteiger partial charge is 0.00886 e. The van der Waals surface area contributed by atoms with E-state index in [0.29, 0.717) is 0 Å². The van der Waals surface area contributed by atoms with Crippen LogP contribution in [0.5, 0.6) is 0 Å². The monoisotopic (exact) mass is 179 g/mol. The Balaban J connectivity index is 2.99. The molecule has 0 amide bonds. The van der Waals surface area contributed by atoms with E-state index >= 15 is 0 Å². The molecule has 0 nitrogen and oxygen atoms in total. The molecule has 0 fully saturated rings. The molecule has 0 rings (SSSR count). The van der Waals surface area contributed by atoms with Crippen molar-refractivity contribution in [3.05, 3.63) is 6.92 Å². The van der Waals surface area contributed by atoms with Gasteiger partial charge in [-0.3, -0.25) is 0 Å². The summed E-state index contributed by atoms with van der Waals surface area (Å²) in [5.74, 6) is 6.41. The molecule has 0 aliphatic carbocycles. The van der Waals surface area contributed by atoms with Gasteiger partial charge in [-0.05, 0) is 12.8 Å². The first-order chi connectivity index (χ1) is 6.41. The maximum absolute atomic E-state index is 3.79. The molecule has 13 heavy (non-hydrogen) atoms. The van der Waals surface area contributed by atoms with Crippen molar-refractivity contribution in [1.82, 2.24) is 0 Å². The van der Waals surface area contributed by atoms with Crippen LogP contribution in [0.15, 0.2) is 0 Å². The lowest BCUT2D eigenvalue weighted by Crippen LogP contribution is -1.76. The minimum Gasteiger partial charge on any atom is -0.103 e. The van der Waals surface area contributed by atoms with Crippen molar-refractivity contribution in [2.45, 2.75) is 64.7 Å². The van der Waals surface area contributed by atoms with Crippen LogP contribution in [-0.2, 0) is 0 Å². The highest BCUT2D eigenvalue weighted by Crippen LogP contribution is 2.04. The summed E-state index contributed by atoms with van der Waals surface area (Å²) in [5, 5.41) is 0. The van der Waals surface area contributed by atoms with Crippen LogP contribution in [0.25, 0.3) is 0 Å². The summed E-state index contributed by atoms with van der Waals surface area (Å²) in [4.78, 5) is 0. The van der Waals surface area contributed by atoms with E-state index in [0.717, 1.165) is 25.7 Å². The summed E-state index contributed by atoms with van der Waals surface area (Å²) >= 11 is 0. The van der Waals surface area contributed by atoms with E-state index in [2.05, 4.69) is 25.7 Å². The number of hydrogen-bond donors (Lipinski definition) is 0. The number of rotatable bonds is 7. The second-order valence-electron chi connectivity index (χ2n) is 3.47. The minimum absolute atomic E-state index is 1.02. The topological polar surface area (TPSA) is 0 Å². The Morgan fingerprint density at radius 2 is 1.46 bits per heavy atom. The Hall–Kier alpha value is -0.440. The number of unbranched alkanes of at least 4 members (excludes halogenated alkanes) is 7. The lowest BCUT2D eigenvalue weighted by atomic mass is 10.1. The fourth-order valence-corrected chi connectivity index (χ4v) is 1.21. The zero-order valence-corrected chi connectivity index (χ0v) is 9.07. The summed E-state index contributed by atoms with van der Waals surface area (Å²) in [6.07, 6.45) is 11.1. The molecule has 0 aliphatic heterocycles. The van der Waals surface area contributed by atoms with Crippen molar-refractivity contribution >= 4 is 0 Å². The molecule has 0 aromatic heterocycles. The molecule has 0 saturated carbocycles. The fraction of sp³-hybridized carbons (Fsp3) is 0.769. The quantitative estimate of drug-likeness (QED) is 0.402. The fourth-order valence-electron chi connectivity index (χ4n) is 1.21. The van der Waals surface area contributed by atoms with Gasteiger partial charge in [0.2, 0.25) is 0 Å². The summed E-state index contributed by atoms with van der Waals surface area (Å²) in [5.41, 5.74) is 0. The average Bonchev–Trinajstić information content (AvgIpc) is 2.16. The molecule has 0 aromatic carbocycles. The van der Waals surface area contributed by atoms with Crippen LogP contribution < -0.4 is 0 Å². The third-order valence-electron chi connectivity index (χ3n) is 2.08. The van der Waals surface area contributed by atoms with E-state index in [1.807, 2.05) is 0 Å². The van der Waals surface area contributed by atoms with E-state index in [4.69, 9.17) is 0 Å². The summed E-state index contributed by atoms with van der Waals surface area (Å²) in [7, 11) is 0. The first-order valence-electron chi connectivity index (χ1n) is 5.66. The van der Waals surface area contributed by atoms with Gasteiger partial charge in [0.1, 0.15) is 0 Å². The van der Waals surface area contributed by atoms with Gasteiger partial charge in [0, 0.05) is 12.8 Å². The zero-order chi connectivity index (χ0) is 9.78. The Labute approximate surface area is 84.1 Å². The molecule has 0 unspecified atom stereocenters. The van der Waals surface area contributed by atoms with Crippen LogP contribution in [0.3, 0.4) is 0 Å². The Morgan fingerprint density at radius 1 is 0.846 bits per heavy atom. The standard InChI is InChI=1S/C13H23/c1-3-5-7-9-11-13-12-10-8-6-4-2/h1,3-8,10,12-13H2,2H3. The van der Waals surface area contributed by atoms with E-state index in [1.165, 1.54) is 32.1 Å². The molecule has 0 bridgehead atoms. The maximum atomic E-state index is 3.79. The van der Waals surface area contributed by atoms with Crippen LogP contribution >= 0.6 is 0 Å². The molecule has 0 saturated heterocycles. The first-order valence-corrected chi connectivity index (χ1v) is 5.66. The van der Waals surface area contributed by atoms with Gasteiger partial charge in [-0.2, -0.15) is 0 Å². The summed E-state index contributed by atoms with van der Waals surface area (Å²) in [6.45, 7) is 6.03. The third-order valence-corrected chi connectivity index (χ3v) is 2.08. The van der Waals surface area contributed by atoms with E-state index in [9.17, 15) is 0 Å². The van der Waals surface area contributed by atoms with Gasteiger partial charge in [0.05, 0.1) is 0 Å². The first kappa shape index (κ1) is 12.6. The highest BCUT2D eigenvalue weighted by atomic mass is 13.9. The molecule has 75 valence electrons. The molecule has 0 aliphatic rings. The normalized spacial score (nSPS) is 9.38. The van der Waals surface area contributed by atoms with Crippen molar-refractivity contribution in [2.24, 2.45) is 0 Å². The van der Waals surface area contributed by atoms with E-state index in [1.54, 1.807) is 0 Å². The van der Waals surface area contributed by atoms with Crippen LogP contribution in [0.1, 0.15) is 64.7 Å². The molecule has 0 aromatic rings. The Kier molecular flexibility index (Phi) is 11.2. The van der Waals surface area contributed by atoms with Crippen molar-refractivity contribution in [3.8, 4) is 11.8 Å². The van der Waals surface area contributed by atoms with Crippen molar-refractivity contribution in [2.75, 3.05) is 0 Å². The van der Waals surface area contributed by atoms with Crippen LogP contribution in [0.4, 0.5) is 0 Å². The largest absolute Gasteiger partial charge is 0.103 e. The molecule has 1 radical (unpaired) electrons. The van der Waals surface area contributed by atoms with Crippen molar-refractivity contribution in [1.29, 1.82) is 0 Å². The van der Waals surface area contributed by atoms with Crippen LogP contribution in [-0.4, -0.2) is 0 Å². The molecule has 0 heterocycles. The van der Waals surface area contributed by atoms with Crippen molar-refractivity contribution < 1.29 is 0 Å². The van der Waals surface area contributed by atoms with Gasteiger partial charge >= 0.3 is 0 Å². The lowest BCUT2D eigenvalue weighted by Gasteiger charge is -1.94. The number of hydrogen-bond acceptors (Lipinski definition) is 0. The molecule has 0 heteroatoms. The van der Waals surface area contributed by atoms with Crippen LogP contribution in [0.2, 0.25) is 0 Å². The van der Waals surface area contributed by atoms with Crippen molar-refractivity contribution in [3.63, 3.8) is 0 Å². The minimum atomic E-state index is 1.02. The molecule has 0 spiro atoms. The SMILES string of the molecule is [CH2]CCCC#CCCCCCCC. The maximum Gasteiger partial charge on any atom is 0.00886 e. The van der Waals surface area contributed by atoms with Gasteiger partial charge in [-0.25, -0.2) is 0 Å². The van der Waals surface area contributed by atoms with E-state index < -0.39 is 0 Å². The van der Waals surface area contributed by atoms with Gasteiger partial charge < -0.3 is 0 Å². The second-order valence-corrected chi connectivity index (χ2v) is 3.47. The predicted octanol–water partition coefficient (Wildman–Crippen LogP) is 4.35. The highest BCUT2D eigenvalue weighted by molar-refractivity contribution is 4.98. The lowest BCUT2D eigenvalue weighted by molar-refractivity contribution is 0.641. The average molecular weight is 179 g/mol. The zero-order valence-electron chi connectivity index (χ0n) is 9.07. The molecular formula is C13H23. The van der Waals surface area contributed by atoms with Gasteiger partial charge in [0.15, 0.2) is 0 Å². The summed E-state index contributed by atoms with van der Waals surface area (Å²) < 4.78 is 0. The highest BCUT2D eigenvalue weighted by Gasteiger charge is 1.85. The second kappa shape index (κ2) is 11.6. The van der Waals surface area contributed by atoms with Gasteiger partial charge in [0.25, 0.3) is 0 Å². The molecule has 0 N–H and O–H groups in total. The van der Waals surface area contributed by atoms with E-state index in [-0.39, 0.29) is 0 Å². The third kappa shape index (κ3) is 11.6. The van der Waals surface area contributed by atoms with Crippen LogP contribution in [0, 0.1) is 18.8 Å². The van der Waals surface area contributed by atoms with Gasteiger partial charge in [-0.15, -0.1) is 11.8 Å². The summed E-state index contributed by atoms with van der Waals surface area (Å²) in [6, 6.07) is 0. The Bertz CT molecular complexity index is 136. The van der Waals surface area contributed by atoms with Gasteiger partial charge in [-0.1, -0.05) is 46.0 Å². The predicted molar refractivity (Wildman–Crippen MR) is 60.4 cm³/mol. The molecular weight excluding hydrogens is 156 g/mol.